The Hall–Kier alpha value is -2.53. The number of ether oxygens (including phenoxy) is 6. The van der Waals surface area contributed by atoms with E-state index in [0.717, 1.165) is 64.7 Å². The summed E-state index contributed by atoms with van der Waals surface area (Å²) in [5.41, 5.74) is 0. The first-order valence-corrected chi connectivity index (χ1v) is 42.5. The smallest absolute Gasteiger partial charge is 0.364 e. The number of rotatable bonds is 68. The van der Waals surface area contributed by atoms with Crippen molar-refractivity contribution < 1.29 is 104 Å². The molecule has 0 aromatic rings. The molecule has 2 amide bonds. The Balaban J connectivity index is 1.49. The normalized spacial score (nSPS) is 26.2. The van der Waals surface area contributed by atoms with Gasteiger partial charge in [-0.3, -0.25) is 9.59 Å². The number of hydrogen-bond donors (Lipinski definition) is 14. The highest BCUT2D eigenvalue weighted by Crippen LogP contribution is 2.39. The lowest BCUT2D eigenvalue weighted by molar-refractivity contribution is -0.386. The van der Waals surface area contributed by atoms with E-state index < -0.39 is 148 Å². The van der Waals surface area contributed by atoms with Crippen LogP contribution in [0.2, 0.25) is 0 Å². The molecule has 0 aliphatic carbocycles. The quantitative estimate of drug-likeness (QED) is 0.0199. The molecule has 0 spiro atoms. The topological polar surface area (TPSA) is 373 Å². The second-order valence-corrected chi connectivity index (χ2v) is 31.0. The lowest BCUT2D eigenvalue weighted by atomic mass is 9.88. The fourth-order valence-corrected chi connectivity index (χ4v) is 15.0. The molecule has 3 rings (SSSR count). The summed E-state index contributed by atoms with van der Waals surface area (Å²) in [5, 5.41) is 137. The molecule has 18 atom stereocenters. The van der Waals surface area contributed by atoms with Crippen molar-refractivity contribution in [3.63, 3.8) is 0 Å². The number of nitrogens with one attached hydrogen (secondary N) is 2. The van der Waals surface area contributed by atoms with Crippen molar-refractivity contribution in [3.05, 3.63) is 12.2 Å². The third kappa shape index (κ3) is 41.0. The summed E-state index contributed by atoms with van der Waals surface area (Å²) >= 11 is 0. The van der Waals surface area contributed by atoms with Gasteiger partial charge in [-0.2, -0.15) is 0 Å². The van der Waals surface area contributed by atoms with Gasteiger partial charge in [0.05, 0.1) is 50.7 Å². The van der Waals surface area contributed by atoms with Crippen molar-refractivity contribution in [2.75, 3.05) is 26.4 Å². The lowest BCUT2D eigenvalue weighted by Crippen LogP contribution is -2.70. The number of carboxylic acids is 1. The molecule has 14 N–H and O–H groups in total. The van der Waals surface area contributed by atoms with Crippen molar-refractivity contribution >= 4 is 17.8 Å². The molecule has 0 saturated carbocycles. The Morgan fingerprint density at radius 3 is 1.29 bits per heavy atom. The molecule has 3 saturated heterocycles. The third-order valence-electron chi connectivity index (χ3n) is 21.7. The minimum absolute atomic E-state index is 0.225. The molecule has 23 nitrogen and oxygen atoms in total. The number of carboxylic acid groups (broad SMARTS) is 1. The van der Waals surface area contributed by atoms with E-state index in [2.05, 4.69) is 36.6 Å². The number of hydrogen-bond acceptors (Lipinski definition) is 20. The molecule has 105 heavy (non-hydrogen) atoms. The lowest BCUT2D eigenvalue weighted by Gasteiger charge is -2.50. The molecule has 3 aliphatic heterocycles. The van der Waals surface area contributed by atoms with Gasteiger partial charge in [0.25, 0.3) is 5.79 Å². The Bertz CT molecular complexity index is 2140. The van der Waals surface area contributed by atoms with E-state index >= 15 is 0 Å². The maximum atomic E-state index is 13.6. The number of carbonyl (C=O) groups excluding carboxylic acids is 2. The monoisotopic (exact) mass is 1500 g/mol. The molecule has 0 aromatic heterocycles. The molecule has 3 heterocycles. The zero-order valence-electron chi connectivity index (χ0n) is 65.6. The van der Waals surface area contributed by atoms with Crippen LogP contribution < -0.4 is 10.6 Å². The Kier molecular flexibility index (Phi) is 56.3. The van der Waals surface area contributed by atoms with Gasteiger partial charge in [-0.1, -0.05) is 309 Å². The highest BCUT2D eigenvalue weighted by atomic mass is 16.8. The molecule has 618 valence electrons. The van der Waals surface area contributed by atoms with E-state index in [1.807, 2.05) is 0 Å². The van der Waals surface area contributed by atoms with Crippen LogP contribution in [0.3, 0.4) is 0 Å². The van der Waals surface area contributed by atoms with E-state index in [0.29, 0.717) is 19.3 Å². The van der Waals surface area contributed by atoms with Crippen LogP contribution in [-0.2, 0) is 42.8 Å². The Morgan fingerprint density at radius 2 is 0.886 bits per heavy atom. The summed E-state index contributed by atoms with van der Waals surface area (Å²) in [7, 11) is 0. The Labute approximate surface area is 632 Å². The van der Waals surface area contributed by atoms with Gasteiger partial charge in [-0.05, 0) is 38.5 Å². The molecule has 0 radical (unpaired) electrons. The van der Waals surface area contributed by atoms with E-state index in [1.165, 1.54) is 244 Å². The summed E-state index contributed by atoms with van der Waals surface area (Å²) in [6, 6.07) is -2.53. The number of aliphatic hydroxyl groups is 11. The van der Waals surface area contributed by atoms with Crippen molar-refractivity contribution in [3.8, 4) is 0 Å². The van der Waals surface area contributed by atoms with Crippen LogP contribution in [0.1, 0.15) is 355 Å². The third-order valence-corrected chi connectivity index (χ3v) is 21.7. The average Bonchev–Trinajstić information content (AvgIpc) is 0.755. The first-order chi connectivity index (χ1) is 50.9. The summed E-state index contributed by atoms with van der Waals surface area (Å²) in [4.78, 5) is 38.8. The maximum Gasteiger partial charge on any atom is 0.364 e. The summed E-state index contributed by atoms with van der Waals surface area (Å²) < 4.78 is 35.0. The van der Waals surface area contributed by atoms with Crippen LogP contribution in [0.15, 0.2) is 12.2 Å². The largest absolute Gasteiger partial charge is 0.477 e. The van der Waals surface area contributed by atoms with Crippen molar-refractivity contribution in [1.82, 2.24) is 10.6 Å². The van der Waals surface area contributed by atoms with Gasteiger partial charge in [0.1, 0.15) is 67.1 Å². The van der Waals surface area contributed by atoms with Crippen molar-refractivity contribution in [2.45, 2.75) is 464 Å². The van der Waals surface area contributed by atoms with Gasteiger partial charge in [0.15, 0.2) is 12.6 Å². The average molecular weight is 1500 g/mol. The minimum Gasteiger partial charge on any atom is -0.477 e. The first kappa shape index (κ1) is 96.7. The zero-order valence-corrected chi connectivity index (χ0v) is 65.6. The van der Waals surface area contributed by atoms with Gasteiger partial charge >= 0.3 is 5.97 Å². The fourth-order valence-electron chi connectivity index (χ4n) is 15.0. The second kappa shape index (κ2) is 61.1. The number of carbonyl (C=O) groups is 3. The second-order valence-electron chi connectivity index (χ2n) is 31.0. The zero-order chi connectivity index (χ0) is 76.7. The summed E-state index contributed by atoms with van der Waals surface area (Å²) in [5.74, 6) is -6.09. The number of aliphatic carboxylic acids is 1. The number of allylic oxidation sites excluding steroid dienone is 2. The fraction of sp³-hybridized carbons (Fsp3) is 0.939. The van der Waals surface area contributed by atoms with Crippen LogP contribution in [0.4, 0.5) is 0 Å². The van der Waals surface area contributed by atoms with Crippen LogP contribution in [0, 0.1) is 0 Å². The van der Waals surface area contributed by atoms with Crippen molar-refractivity contribution in [1.29, 1.82) is 0 Å². The van der Waals surface area contributed by atoms with Gasteiger partial charge in [-0.15, -0.1) is 0 Å². The summed E-state index contributed by atoms with van der Waals surface area (Å²) in [6.07, 6.45) is 37.7. The molecule has 0 aromatic carbocycles. The van der Waals surface area contributed by atoms with E-state index in [9.17, 15) is 75.7 Å². The van der Waals surface area contributed by atoms with Gasteiger partial charge < -0.3 is 100 Å². The van der Waals surface area contributed by atoms with E-state index in [4.69, 9.17) is 28.4 Å². The molecular formula is C82H154N2O21. The molecule has 3 aliphatic rings. The SMILES string of the molecule is CCCCCCCCCCCCCC/C=C\CCCCCCCCCCCCC(=O)NC(COC1OC(CO)C(OC2OC(CO)C(O)C(OC3(C(=O)O)CC(O)C(NC(C)=O)C(C(O)C(O)CO)O3)C2O)C(O)C1O)C(O)CCCCCCCCCCCCCCCCCCCCCCCCCCC. The number of aliphatic hydroxyl groups excluding tert-OH is 11. The van der Waals surface area contributed by atoms with E-state index in [1.54, 1.807) is 0 Å². The van der Waals surface area contributed by atoms with Crippen LogP contribution in [0.25, 0.3) is 0 Å². The van der Waals surface area contributed by atoms with Crippen LogP contribution >= 0.6 is 0 Å². The molecular weight excluding hydrogens is 1350 g/mol. The predicted octanol–water partition coefficient (Wildman–Crippen LogP) is 12.1. The predicted molar refractivity (Wildman–Crippen MR) is 408 cm³/mol. The van der Waals surface area contributed by atoms with Gasteiger partial charge in [-0.25, -0.2) is 4.79 Å². The van der Waals surface area contributed by atoms with Gasteiger partial charge in [0.2, 0.25) is 11.8 Å². The minimum atomic E-state index is -3.08. The summed E-state index contributed by atoms with van der Waals surface area (Å²) in [6.45, 7) is 2.27. The van der Waals surface area contributed by atoms with E-state index in [-0.39, 0.29) is 18.9 Å². The molecule has 23 heteroatoms. The standard InChI is InChI=1S/C82H154N2O21/c1-4-6-8-10-12-14-16-18-20-22-24-26-28-30-32-34-36-38-40-42-44-46-48-50-52-54-56-69(92)84-63(64(89)55-53-51-49-47-45-43-41-39-37-35-33-31-29-27-25-23-21-19-17-15-13-11-9-7-5-2)61-100-79-74(96)73(95)76(68(60-87)102-79)103-80-75(97)78(72(94)67(59-86)101-80)105-82(81(98)99)57-65(90)70(83-62(3)88)77(104-82)71(93)66(91)58-85/h30,32,63-68,70-80,85-87,89-91,93-97H,4-29,31,33-61H2,1-3H3,(H,83,88)(H,84,92)(H,98,99)/b32-30-. The number of unbranched alkanes of at least 4 members (excludes halogenated alkanes) is 46. The highest BCUT2D eigenvalue weighted by Gasteiger charge is 2.60. The molecule has 3 fully saturated rings. The van der Waals surface area contributed by atoms with Crippen LogP contribution in [-0.4, -0.2) is 215 Å². The molecule has 0 bridgehead atoms. The van der Waals surface area contributed by atoms with Crippen molar-refractivity contribution in [2.24, 2.45) is 0 Å². The highest BCUT2D eigenvalue weighted by molar-refractivity contribution is 5.77. The number of amides is 2. The molecule has 18 unspecified atom stereocenters. The first-order valence-electron chi connectivity index (χ1n) is 42.5. The maximum absolute atomic E-state index is 13.6. The van der Waals surface area contributed by atoms with Gasteiger partial charge in [0, 0.05) is 19.8 Å². The Morgan fingerprint density at radius 1 is 0.486 bits per heavy atom. The van der Waals surface area contributed by atoms with Crippen LogP contribution in [0.5, 0.6) is 0 Å².